The number of carbonyl (C=O) groups is 1. The Morgan fingerprint density at radius 3 is 2.54 bits per heavy atom. The fourth-order valence-corrected chi connectivity index (χ4v) is 5.57. The molecule has 1 aromatic carbocycles. The molecule has 2 heterocycles. The zero-order chi connectivity index (χ0) is 26.0. The van der Waals surface area contributed by atoms with Gasteiger partial charge in [0.05, 0.1) is 19.7 Å². The van der Waals surface area contributed by atoms with E-state index in [0.717, 1.165) is 48.6 Å². The van der Waals surface area contributed by atoms with E-state index in [0.29, 0.717) is 36.6 Å². The van der Waals surface area contributed by atoms with Crippen LogP contribution in [0, 0.1) is 0 Å². The van der Waals surface area contributed by atoms with Crippen LogP contribution in [0.3, 0.4) is 0 Å². The molecule has 1 unspecified atom stereocenters. The van der Waals surface area contributed by atoms with Gasteiger partial charge in [-0.05, 0) is 51.1 Å². The van der Waals surface area contributed by atoms with Crippen LogP contribution >= 0.6 is 11.6 Å². The fourth-order valence-electron chi connectivity index (χ4n) is 5.48. The van der Waals surface area contributed by atoms with Gasteiger partial charge in [0.25, 0.3) is 0 Å². The minimum atomic E-state index is -0.165. The lowest BCUT2D eigenvalue weighted by Gasteiger charge is -2.33. The number of hydrogen-bond acceptors (Lipinski definition) is 8. The molecule has 37 heavy (non-hydrogen) atoms. The number of carbonyl (C=O) groups excluding carboxylic acids is 1. The second-order valence-electron chi connectivity index (χ2n) is 9.98. The van der Waals surface area contributed by atoms with Gasteiger partial charge in [-0.2, -0.15) is 4.98 Å². The number of methoxy groups -OCH3 is 2. The van der Waals surface area contributed by atoms with Gasteiger partial charge in [-0.1, -0.05) is 19.3 Å². The largest absolute Gasteiger partial charge is 0.493 e. The first-order valence-electron chi connectivity index (χ1n) is 13.6. The Kier molecular flexibility index (Phi) is 10.3. The van der Waals surface area contributed by atoms with Crippen molar-refractivity contribution in [3.63, 3.8) is 0 Å². The van der Waals surface area contributed by atoms with Crippen molar-refractivity contribution in [2.45, 2.75) is 69.9 Å². The number of likely N-dealkylation sites (tertiary alicyclic amines) is 1. The predicted molar refractivity (Wildman–Crippen MR) is 149 cm³/mol. The first-order chi connectivity index (χ1) is 18.1. The molecule has 0 radical (unpaired) electrons. The number of halogens is 1. The van der Waals surface area contributed by atoms with Gasteiger partial charge in [-0.15, -0.1) is 11.6 Å². The molecule has 9 nitrogen and oxygen atoms in total. The Morgan fingerprint density at radius 2 is 1.78 bits per heavy atom. The highest BCUT2D eigenvalue weighted by Crippen LogP contribution is 2.35. The Hall–Kier alpha value is -2.52. The normalized spacial score (nSPS) is 19.3. The summed E-state index contributed by atoms with van der Waals surface area (Å²) < 4.78 is 11.1. The van der Waals surface area contributed by atoms with Crippen LogP contribution in [0.2, 0.25) is 0 Å². The zero-order valence-electron chi connectivity index (χ0n) is 22.2. The molecule has 204 valence electrons. The number of ether oxygens (including phenoxy) is 2. The van der Waals surface area contributed by atoms with E-state index in [9.17, 15) is 4.79 Å². The summed E-state index contributed by atoms with van der Waals surface area (Å²) in [6.45, 7) is 3.48. The molecule has 4 rings (SSSR count). The van der Waals surface area contributed by atoms with Crippen molar-refractivity contribution in [1.29, 1.82) is 0 Å². The lowest BCUT2D eigenvalue weighted by molar-refractivity contribution is -0.118. The second-order valence-corrected chi connectivity index (χ2v) is 10.3. The van der Waals surface area contributed by atoms with Crippen LogP contribution in [-0.2, 0) is 4.79 Å². The smallest absolute Gasteiger partial charge is 0.234 e. The number of nitrogens with zero attached hydrogens (tertiary/aromatic N) is 3. The van der Waals surface area contributed by atoms with Gasteiger partial charge in [-0.3, -0.25) is 4.79 Å². The zero-order valence-corrected chi connectivity index (χ0v) is 22.9. The molecule has 3 N–H and O–H groups in total. The van der Waals surface area contributed by atoms with Crippen LogP contribution in [0.15, 0.2) is 12.1 Å². The molecule has 1 aliphatic carbocycles. The van der Waals surface area contributed by atoms with Crippen LogP contribution in [-0.4, -0.2) is 79.1 Å². The van der Waals surface area contributed by atoms with Crippen LogP contribution in [0.25, 0.3) is 10.9 Å². The SMILES string of the molecule is COc1cc2nc(NCCCNC(=O)CCl)nc(NC3CCCN(C4CCCCC4)CC3)c2cc1OC. The summed E-state index contributed by atoms with van der Waals surface area (Å²) in [4.78, 5) is 23.7. The molecule has 2 aliphatic rings. The van der Waals surface area contributed by atoms with Crippen LogP contribution in [0.4, 0.5) is 11.8 Å². The molecular formula is C27H41ClN6O3. The number of hydrogen-bond donors (Lipinski definition) is 3. The average molecular weight is 533 g/mol. The third-order valence-electron chi connectivity index (χ3n) is 7.48. The number of nitrogens with one attached hydrogen (secondary N) is 3. The first kappa shape index (κ1) is 27.5. The fraction of sp³-hybridized carbons (Fsp3) is 0.667. The monoisotopic (exact) mass is 532 g/mol. The summed E-state index contributed by atoms with van der Waals surface area (Å²) in [5.74, 6) is 2.44. The number of anilines is 2. The maximum absolute atomic E-state index is 11.4. The van der Waals surface area contributed by atoms with E-state index in [2.05, 4.69) is 20.9 Å². The highest BCUT2D eigenvalue weighted by molar-refractivity contribution is 6.27. The van der Waals surface area contributed by atoms with E-state index >= 15 is 0 Å². The molecular weight excluding hydrogens is 492 g/mol. The van der Waals surface area contributed by atoms with Gasteiger partial charge in [0.15, 0.2) is 11.5 Å². The number of aromatic nitrogens is 2. The maximum Gasteiger partial charge on any atom is 0.234 e. The number of benzene rings is 1. The van der Waals surface area contributed by atoms with Gasteiger partial charge in [-0.25, -0.2) is 4.98 Å². The summed E-state index contributed by atoms with van der Waals surface area (Å²) in [5, 5.41) is 10.7. The number of rotatable bonds is 11. The standard InChI is InChI=1S/C27H41ClN6O3/c1-36-23-16-21-22(17-24(23)37-2)32-27(30-13-7-12-29-25(35)18-28)33-26(21)31-19-8-6-14-34(15-11-19)20-9-4-3-5-10-20/h16-17,19-20H,3-15,18H2,1-2H3,(H,29,35)(H2,30,31,32,33). The highest BCUT2D eigenvalue weighted by atomic mass is 35.5. The summed E-state index contributed by atoms with van der Waals surface area (Å²) in [6, 6.07) is 4.95. The topological polar surface area (TPSA) is 101 Å². The van der Waals surface area contributed by atoms with Crippen LogP contribution < -0.4 is 25.4 Å². The molecule has 2 fully saturated rings. The maximum atomic E-state index is 11.4. The van der Waals surface area contributed by atoms with E-state index in [1.54, 1.807) is 14.2 Å². The molecule has 0 spiro atoms. The Bertz CT molecular complexity index is 1030. The molecule has 2 aromatic rings. The van der Waals surface area contributed by atoms with Crippen molar-refractivity contribution in [2.75, 3.05) is 56.9 Å². The molecule has 1 amide bonds. The van der Waals surface area contributed by atoms with E-state index in [1.807, 2.05) is 12.1 Å². The third kappa shape index (κ3) is 7.51. The number of alkyl halides is 1. The van der Waals surface area contributed by atoms with Crippen molar-refractivity contribution < 1.29 is 14.3 Å². The van der Waals surface area contributed by atoms with Crippen molar-refractivity contribution in [3.8, 4) is 11.5 Å². The van der Waals surface area contributed by atoms with Gasteiger partial charge >= 0.3 is 0 Å². The van der Waals surface area contributed by atoms with Gasteiger partial charge in [0.2, 0.25) is 11.9 Å². The van der Waals surface area contributed by atoms with Gasteiger partial charge in [0.1, 0.15) is 11.7 Å². The molecule has 1 saturated heterocycles. The summed E-state index contributed by atoms with van der Waals surface area (Å²) >= 11 is 5.54. The van der Waals surface area contributed by atoms with Crippen molar-refractivity contribution in [3.05, 3.63) is 12.1 Å². The van der Waals surface area contributed by atoms with Crippen LogP contribution in [0.5, 0.6) is 11.5 Å². The van der Waals surface area contributed by atoms with Gasteiger partial charge in [0, 0.05) is 43.2 Å². The molecule has 0 bridgehead atoms. The average Bonchev–Trinajstić information content (AvgIpc) is 3.18. The van der Waals surface area contributed by atoms with E-state index < -0.39 is 0 Å². The molecule has 1 saturated carbocycles. The number of fused-ring (bicyclic) bond motifs is 1. The minimum absolute atomic E-state index is 0.0267. The van der Waals surface area contributed by atoms with Crippen molar-refractivity contribution in [1.82, 2.24) is 20.2 Å². The molecule has 1 aromatic heterocycles. The summed E-state index contributed by atoms with van der Waals surface area (Å²) in [5.41, 5.74) is 0.783. The predicted octanol–water partition coefficient (Wildman–Crippen LogP) is 4.40. The van der Waals surface area contributed by atoms with Crippen molar-refractivity contribution >= 4 is 40.2 Å². The first-order valence-corrected chi connectivity index (χ1v) is 14.2. The highest BCUT2D eigenvalue weighted by Gasteiger charge is 2.25. The van der Waals surface area contributed by atoms with E-state index in [1.165, 1.54) is 45.1 Å². The Balaban J connectivity index is 1.49. The molecule has 1 aliphatic heterocycles. The van der Waals surface area contributed by atoms with E-state index in [-0.39, 0.29) is 11.8 Å². The quantitative estimate of drug-likeness (QED) is 0.289. The molecule has 1 atom stereocenters. The second kappa shape index (κ2) is 13.9. The van der Waals surface area contributed by atoms with E-state index in [4.69, 9.17) is 31.0 Å². The minimum Gasteiger partial charge on any atom is -0.493 e. The lowest BCUT2D eigenvalue weighted by Crippen LogP contribution is -2.37. The molecule has 10 heteroatoms. The van der Waals surface area contributed by atoms with Crippen LogP contribution in [0.1, 0.15) is 57.8 Å². The Labute approximate surface area is 225 Å². The summed E-state index contributed by atoms with van der Waals surface area (Å²) in [6.07, 6.45) is 11.0. The third-order valence-corrected chi connectivity index (χ3v) is 7.72. The van der Waals surface area contributed by atoms with Gasteiger partial charge < -0.3 is 30.3 Å². The van der Waals surface area contributed by atoms with Crippen molar-refractivity contribution in [2.24, 2.45) is 0 Å². The summed E-state index contributed by atoms with van der Waals surface area (Å²) in [7, 11) is 3.27. The Morgan fingerprint density at radius 1 is 1.00 bits per heavy atom. The number of amides is 1. The lowest BCUT2D eigenvalue weighted by atomic mass is 9.94.